The van der Waals surface area contributed by atoms with Gasteiger partial charge in [0, 0.05) is 37.8 Å². The molecule has 0 N–H and O–H groups in total. The molecule has 0 saturated carbocycles. The molecule has 2 heterocycles. The van der Waals surface area contributed by atoms with Crippen molar-refractivity contribution in [3.63, 3.8) is 0 Å². The summed E-state index contributed by atoms with van der Waals surface area (Å²) in [7, 11) is 0. The van der Waals surface area contributed by atoms with E-state index in [4.69, 9.17) is 4.42 Å². The minimum atomic E-state index is -0.200. The van der Waals surface area contributed by atoms with Gasteiger partial charge in [-0.05, 0) is 121 Å². The zero-order chi connectivity index (χ0) is 35.0. The van der Waals surface area contributed by atoms with Crippen LogP contribution in [0.15, 0.2) is 144 Å². The smallest absolute Gasteiger partial charge is 0.135 e. The van der Waals surface area contributed by atoms with Gasteiger partial charge in [-0.25, -0.2) is 0 Å². The topological polar surface area (TPSA) is 18.1 Å². The molecule has 2 aromatic heterocycles. The monoisotopic (exact) mass is 677 g/mol. The normalized spacial score (nSPS) is 14.5. The molecule has 0 bridgehead atoms. The number of nitrogens with zero attached hydrogens (tertiary/aromatic N) is 1. The van der Waals surface area contributed by atoms with Gasteiger partial charge in [0.1, 0.15) is 11.2 Å². The minimum absolute atomic E-state index is 0.200. The molecule has 0 unspecified atom stereocenters. The Morgan fingerprint density at radius 3 is 1.98 bits per heavy atom. The molecule has 0 radical (unpaired) electrons. The quantitative estimate of drug-likeness (QED) is 0.167. The first-order valence-corrected chi connectivity index (χ1v) is 18.8. The number of para-hydroxylation sites is 1. The van der Waals surface area contributed by atoms with Gasteiger partial charge in [0.05, 0.1) is 5.52 Å². The van der Waals surface area contributed by atoms with Crippen molar-refractivity contribution in [1.82, 2.24) is 4.57 Å². The minimum Gasteiger partial charge on any atom is -0.456 e. The Balaban J connectivity index is 1.08. The van der Waals surface area contributed by atoms with E-state index in [1.165, 1.54) is 104 Å². The van der Waals surface area contributed by atoms with Gasteiger partial charge in [-0.2, -0.15) is 0 Å². The van der Waals surface area contributed by atoms with Crippen LogP contribution in [0.1, 0.15) is 37.8 Å². The lowest BCUT2D eigenvalue weighted by molar-refractivity contribution is 0.657. The predicted octanol–water partition coefficient (Wildman–Crippen LogP) is 12.3. The van der Waals surface area contributed by atoms with Gasteiger partial charge < -0.3 is 8.98 Å². The van der Waals surface area contributed by atoms with Gasteiger partial charge >= 0.3 is 0 Å². The Hall–Kier alpha value is -6.38. The average molecular weight is 678 g/mol. The standard InChI is InChI=1S/C51H35NO/c1-51(2)44-29-46-43(28-42(44)39-24-25-48-49(50(39)51)40-19-8-10-21-47(40)53-48)38-18-7-9-20-45(38)52(46)32-13-11-12-30(26-32)31-22-23-37-35-16-4-3-14-33(35)34-15-5-6-17-36(34)41(37)27-31/h3-6,8,10-29H,7,9H2,1-2H3. The van der Waals surface area contributed by atoms with E-state index in [0.717, 1.165) is 24.0 Å². The maximum absolute atomic E-state index is 6.38. The highest BCUT2D eigenvalue weighted by Crippen LogP contribution is 2.53. The first-order valence-electron chi connectivity index (χ1n) is 18.8. The largest absolute Gasteiger partial charge is 0.456 e. The number of benzene rings is 8. The number of aromatic nitrogens is 1. The Labute approximate surface area is 306 Å². The number of rotatable bonds is 2. The second kappa shape index (κ2) is 10.4. The molecule has 0 aliphatic heterocycles. The summed E-state index contributed by atoms with van der Waals surface area (Å²) >= 11 is 0. The zero-order valence-electron chi connectivity index (χ0n) is 29.7. The van der Waals surface area contributed by atoms with Crippen molar-refractivity contribution >= 4 is 77.3 Å². The summed E-state index contributed by atoms with van der Waals surface area (Å²) in [6.07, 6.45) is 7.01. The summed E-state index contributed by atoms with van der Waals surface area (Å²) < 4.78 is 8.91. The van der Waals surface area contributed by atoms with Gasteiger partial charge in [-0.15, -0.1) is 0 Å². The molecule has 8 aromatic carbocycles. The molecule has 0 amide bonds. The van der Waals surface area contributed by atoms with Gasteiger partial charge in [0.15, 0.2) is 0 Å². The third-order valence-electron chi connectivity index (χ3n) is 12.4. The van der Waals surface area contributed by atoms with Crippen molar-refractivity contribution in [1.29, 1.82) is 0 Å². The van der Waals surface area contributed by atoms with Gasteiger partial charge in [0.25, 0.3) is 0 Å². The highest BCUT2D eigenvalue weighted by Gasteiger charge is 2.39. The van der Waals surface area contributed by atoms with Crippen molar-refractivity contribution in [2.75, 3.05) is 0 Å². The lowest BCUT2D eigenvalue weighted by atomic mass is 9.80. The first kappa shape index (κ1) is 29.2. The van der Waals surface area contributed by atoms with Gasteiger partial charge in [-0.3, -0.25) is 0 Å². The Kier molecular flexibility index (Phi) is 5.71. The summed E-state index contributed by atoms with van der Waals surface area (Å²) in [5.41, 5.74) is 12.0. The molecule has 2 heteroatoms. The van der Waals surface area contributed by atoms with E-state index in [-0.39, 0.29) is 5.41 Å². The summed E-state index contributed by atoms with van der Waals surface area (Å²) in [4.78, 5) is 0. The molecule has 0 spiro atoms. The fourth-order valence-corrected chi connectivity index (χ4v) is 10.00. The van der Waals surface area contributed by atoms with E-state index in [9.17, 15) is 0 Å². The highest BCUT2D eigenvalue weighted by molar-refractivity contribution is 6.25. The SMILES string of the molecule is CC1(C)c2cc3c(cc2-c2ccc4oc5ccccc5c4c21)c1c(n3-c2cccc(-c3ccc4c5ccccc5c5ccccc5c4c3)c2)=CCCC=1. The average Bonchev–Trinajstić information content (AvgIpc) is 3.82. The van der Waals surface area contributed by atoms with E-state index in [2.05, 4.69) is 170 Å². The number of furan rings is 1. The number of fused-ring (bicyclic) bond motifs is 16. The summed E-state index contributed by atoms with van der Waals surface area (Å²) in [6, 6.07) is 51.8. The van der Waals surface area contributed by atoms with E-state index in [1.54, 1.807) is 0 Å². The van der Waals surface area contributed by atoms with Crippen LogP contribution in [0.2, 0.25) is 0 Å². The van der Waals surface area contributed by atoms with Crippen LogP contribution in [0, 0.1) is 0 Å². The summed E-state index contributed by atoms with van der Waals surface area (Å²) in [5.74, 6) is 0. The van der Waals surface area contributed by atoms with Crippen molar-refractivity contribution in [2.24, 2.45) is 0 Å². The lowest BCUT2D eigenvalue weighted by Crippen LogP contribution is -2.30. The maximum atomic E-state index is 6.38. The van der Waals surface area contributed by atoms with Crippen LogP contribution < -0.4 is 10.6 Å². The van der Waals surface area contributed by atoms with Gasteiger partial charge in [-0.1, -0.05) is 123 Å². The Bertz CT molecular complexity index is 3330. The van der Waals surface area contributed by atoms with E-state index in [0.29, 0.717) is 0 Å². The van der Waals surface area contributed by atoms with E-state index in [1.807, 2.05) is 0 Å². The van der Waals surface area contributed by atoms with E-state index >= 15 is 0 Å². The third kappa shape index (κ3) is 3.88. The molecule has 12 rings (SSSR count). The second-order valence-corrected chi connectivity index (χ2v) is 15.5. The van der Waals surface area contributed by atoms with E-state index < -0.39 is 0 Å². The van der Waals surface area contributed by atoms with Crippen molar-refractivity contribution in [2.45, 2.75) is 32.1 Å². The van der Waals surface area contributed by atoms with Crippen LogP contribution in [0.5, 0.6) is 0 Å². The highest BCUT2D eigenvalue weighted by atomic mass is 16.3. The Morgan fingerprint density at radius 1 is 0.509 bits per heavy atom. The fraction of sp³-hybridized carbons (Fsp3) is 0.0980. The second-order valence-electron chi connectivity index (χ2n) is 15.5. The van der Waals surface area contributed by atoms with Crippen LogP contribution in [-0.4, -0.2) is 4.57 Å². The van der Waals surface area contributed by atoms with Crippen molar-refractivity contribution in [3.05, 3.63) is 161 Å². The molecule has 2 aliphatic carbocycles. The molecule has 2 nitrogen and oxygen atoms in total. The summed E-state index contributed by atoms with van der Waals surface area (Å²) in [5, 5.41) is 14.2. The molecule has 0 fully saturated rings. The molecule has 53 heavy (non-hydrogen) atoms. The van der Waals surface area contributed by atoms with Gasteiger partial charge in [0.2, 0.25) is 0 Å². The van der Waals surface area contributed by atoms with Crippen molar-refractivity contribution in [3.8, 4) is 27.9 Å². The Morgan fingerprint density at radius 2 is 1.19 bits per heavy atom. The number of hydrogen-bond donors (Lipinski definition) is 0. The van der Waals surface area contributed by atoms with Crippen LogP contribution in [0.3, 0.4) is 0 Å². The molecular formula is C51H35NO. The van der Waals surface area contributed by atoms with Crippen LogP contribution in [-0.2, 0) is 5.41 Å². The fourth-order valence-electron chi connectivity index (χ4n) is 10.00. The molecule has 10 aromatic rings. The van der Waals surface area contributed by atoms with Crippen LogP contribution in [0.25, 0.3) is 105 Å². The molecule has 0 atom stereocenters. The molecular weight excluding hydrogens is 643 g/mol. The maximum Gasteiger partial charge on any atom is 0.135 e. The third-order valence-corrected chi connectivity index (χ3v) is 12.4. The lowest BCUT2D eigenvalue weighted by Gasteiger charge is -2.22. The molecule has 250 valence electrons. The van der Waals surface area contributed by atoms with Crippen LogP contribution in [0.4, 0.5) is 0 Å². The first-order chi connectivity index (χ1) is 26.0. The molecule has 0 saturated heterocycles. The van der Waals surface area contributed by atoms with Crippen molar-refractivity contribution < 1.29 is 4.42 Å². The predicted molar refractivity (Wildman–Crippen MR) is 223 cm³/mol. The molecule has 2 aliphatic rings. The number of hydrogen-bond acceptors (Lipinski definition) is 1. The van der Waals surface area contributed by atoms with Crippen LogP contribution >= 0.6 is 0 Å². The summed E-state index contributed by atoms with van der Waals surface area (Å²) in [6.45, 7) is 4.78. The zero-order valence-corrected chi connectivity index (χ0v) is 29.7.